The number of nitrogens with one attached hydrogen (secondary N) is 2. The van der Waals surface area contributed by atoms with Crippen molar-refractivity contribution in [1.29, 1.82) is 0 Å². The lowest BCUT2D eigenvalue weighted by Crippen LogP contribution is -2.47. The largest absolute Gasteiger partial charge is 0.493 e. The summed E-state index contributed by atoms with van der Waals surface area (Å²) in [5, 5.41) is 5.59. The van der Waals surface area contributed by atoms with E-state index in [9.17, 15) is 9.59 Å². The summed E-state index contributed by atoms with van der Waals surface area (Å²) in [6.07, 6.45) is 0.0745. The summed E-state index contributed by atoms with van der Waals surface area (Å²) in [4.78, 5) is 25.3. The SMILES string of the molecule is CC[C@H](C)[C@H](NC(=O)OCc1ccccc1)C(=O)Nc1cc(OC)c(OC)cc1C. The van der Waals surface area contributed by atoms with Gasteiger partial charge in [-0.25, -0.2) is 4.79 Å². The standard InChI is InChI=1S/C23H30N2O5/c1-6-15(2)21(25-23(27)30-14-17-10-8-7-9-11-17)22(26)24-18-13-20(29-5)19(28-4)12-16(18)3/h7-13,15,21H,6,14H2,1-5H3,(H,24,26)(H,25,27)/t15-,21-/m0/s1. The van der Waals surface area contributed by atoms with Gasteiger partial charge in [-0.15, -0.1) is 0 Å². The maximum absolute atomic E-state index is 13.0. The molecule has 0 aromatic heterocycles. The first kappa shape index (κ1) is 23.1. The van der Waals surface area contributed by atoms with E-state index in [1.807, 2.05) is 51.1 Å². The second kappa shape index (κ2) is 11.1. The first-order valence-corrected chi connectivity index (χ1v) is 9.90. The molecule has 0 saturated heterocycles. The number of aryl methyl sites for hydroxylation is 1. The van der Waals surface area contributed by atoms with Crippen LogP contribution in [-0.2, 0) is 16.1 Å². The van der Waals surface area contributed by atoms with Gasteiger partial charge in [0.1, 0.15) is 12.6 Å². The second-order valence-electron chi connectivity index (χ2n) is 7.08. The van der Waals surface area contributed by atoms with Gasteiger partial charge in [-0.05, 0) is 30.0 Å². The number of rotatable bonds is 9. The van der Waals surface area contributed by atoms with Crippen molar-refractivity contribution in [2.75, 3.05) is 19.5 Å². The number of amides is 2. The molecule has 0 fully saturated rings. The Labute approximate surface area is 177 Å². The minimum atomic E-state index is -0.745. The van der Waals surface area contributed by atoms with Crippen LogP contribution < -0.4 is 20.1 Å². The van der Waals surface area contributed by atoms with E-state index in [0.29, 0.717) is 23.6 Å². The van der Waals surface area contributed by atoms with Crippen LogP contribution >= 0.6 is 0 Å². The number of anilines is 1. The fraction of sp³-hybridized carbons (Fsp3) is 0.391. The third-order valence-corrected chi connectivity index (χ3v) is 4.97. The van der Waals surface area contributed by atoms with Crippen molar-refractivity contribution in [2.45, 2.75) is 39.8 Å². The number of alkyl carbamates (subject to hydrolysis) is 1. The predicted octanol–water partition coefficient (Wildman–Crippen LogP) is 4.29. The summed E-state index contributed by atoms with van der Waals surface area (Å²) >= 11 is 0. The smallest absolute Gasteiger partial charge is 0.408 e. The Morgan fingerprint density at radius 2 is 1.67 bits per heavy atom. The molecule has 2 N–H and O–H groups in total. The normalized spacial score (nSPS) is 12.4. The minimum Gasteiger partial charge on any atom is -0.493 e. The number of methoxy groups -OCH3 is 2. The molecule has 0 heterocycles. The Hall–Kier alpha value is -3.22. The van der Waals surface area contributed by atoms with E-state index in [0.717, 1.165) is 11.1 Å². The zero-order valence-corrected chi connectivity index (χ0v) is 18.2. The van der Waals surface area contributed by atoms with Crippen LogP contribution in [0, 0.1) is 12.8 Å². The van der Waals surface area contributed by atoms with Crippen LogP contribution in [0.5, 0.6) is 11.5 Å². The molecule has 0 spiro atoms. The summed E-state index contributed by atoms with van der Waals surface area (Å²) in [6.45, 7) is 5.86. The molecule has 30 heavy (non-hydrogen) atoms. The van der Waals surface area contributed by atoms with Gasteiger partial charge in [0.25, 0.3) is 0 Å². The van der Waals surface area contributed by atoms with Crippen molar-refractivity contribution < 1.29 is 23.8 Å². The molecule has 0 bridgehead atoms. The predicted molar refractivity (Wildman–Crippen MR) is 116 cm³/mol. The van der Waals surface area contributed by atoms with Gasteiger partial charge in [0, 0.05) is 11.8 Å². The number of benzene rings is 2. The van der Waals surface area contributed by atoms with Crippen molar-refractivity contribution in [3.05, 3.63) is 53.6 Å². The van der Waals surface area contributed by atoms with Crippen molar-refractivity contribution in [3.8, 4) is 11.5 Å². The van der Waals surface area contributed by atoms with Crippen LogP contribution in [0.15, 0.2) is 42.5 Å². The van der Waals surface area contributed by atoms with E-state index in [2.05, 4.69) is 10.6 Å². The maximum atomic E-state index is 13.0. The highest BCUT2D eigenvalue weighted by atomic mass is 16.5. The van der Waals surface area contributed by atoms with Crippen molar-refractivity contribution >= 4 is 17.7 Å². The molecule has 2 rings (SSSR count). The van der Waals surface area contributed by atoms with Gasteiger partial charge in [-0.3, -0.25) is 4.79 Å². The maximum Gasteiger partial charge on any atom is 0.408 e. The molecule has 2 aromatic carbocycles. The highest BCUT2D eigenvalue weighted by Gasteiger charge is 2.27. The van der Waals surface area contributed by atoms with Crippen LogP contribution in [0.25, 0.3) is 0 Å². The molecule has 2 atom stereocenters. The molecule has 0 aliphatic heterocycles. The molecule has 0 unspecified atom stereocenters. The van der Waals surface area contributed by atoms with Gasteiger partial charge in [-0.1, -0.05) is 50.6 Å². The third kappa shape index (κ3) is 6.14. The number of carbonyl (C=O) groups excluding carboxylic acids is 2. The average Bonchev–Trinajstić information content (AvgIpc) is 2.77. The van der Waals surface area contributed by atoms with Crippen LogP contribution in [-0.4, -0.2) is 32.3 Å². The van der Waals surface area contributed by atoms with Crippen LogP contribution in [0.1, 0.15) is 31.4 Å². The topological polar surface area (TPSA) is 85.9 Å². The first-order chi connectivity index (χ1) is 14.4. The lowest BCUT2D eigenvalue weighted by molar-refractivity contribution is -0.119. The monoisotopic (exact) mass is 414 g/mol. The van der Waals surface area contributed by atoms with Gasteiger partial charge >= 0.3 is 6.09 Å². The summed E-state index contributed by atoms with van der Waals surface area (Å²) in [5.41, 5.74) is 2.28. The molecule has 0 aliphatic carbocycles. The molecule has 7 heteroatoms. The fourth-order valence-electron chi connectivity index (χ4n) is 2.92. The minimum absolute atomic E-state index is 0.0882. The highest BCUT2D eigenvalue weighted by molar-refractivity contribution is 5.97. The molecule has 2 amide bonds. The number of carbonyl (C=O) groups is 2. The first-order valence-electron chi connectivity index (χ1n) is 9.90. The lowest BCUT2D eigenvalue weighted by atomic mass is 9.98. The Bertz CT molecular complexity index is 854. The summed E-state index contributed by atoms with van der Waals surface area (Å²) < 4.78 is 15.9. The fourth-order valence-corrected chi connectivity index (χ4v) is 2.92. The van der Waals surface area contributed by atoms with Gasteiger partial charge in [0.15, 0.2) is 11.5 Å². The summed E-state index contributed by atoms with van der Waals surface area (Å²) in [7, 11) is 3.09. The van der Waals surface area contributed by atoms with E-state index in [4.69, 9.17) is 14.2 Å². The Kier molecular flexibility index (Phi) is 8.53. The molecule has 0 aliphatic rings. The van der Waals surface area contributed by atoms with E-state index < -0.39 is 12.1 Å². The van der Waals surface area contributed by atoms with Crippen molar-refractivity contribution in [1.82, 2.24) is 5.32 Å². The molecular formula is C23H30N2O5. The quantitative estimate of drug-likeness (QED) is 0.639. The zero-order chi connectivity index (χ0) is 22.1. The van der Waals surface area contributed by atoms with E-state index in [-0.39, 0.29) is 18.4 Å². The van der Waals surface area contributed by atoms with Crippen LogP contribution in [0.4, 0.5) is 10.5 Å². The molecule has 0 saturated carbocycles. The van der Waals surface area contributed by atoms with Crippen LogP contribution in [0.3, 0.4) is 0 Å². The zero-order valence-electron chi connectivity index (χ0n) is 18.2. The van der Waals surface area contributed by atoms with Gasteiger partial charge in [-0.2, -0.15) is 0 Å². The van der Waals surface area contributed by atoms with Gasteiger partial charge in [0.05, 0.1) is 14.2 Å². The van der Waals surface area contributed by atoms with Crippen molar-refractivity contribution in [3.63, 3.8) is 0 Å². The number of ether oxygens (including phenoxy) is 3. The second-order valence-corrected chi connectivity index (χ2v) is 7.08. The van der Waals surface area contributed by atoms with Gasteiger partial charge < -0.3 is 24.8 Å². The number of hydrogen-bond acceptors (Lipinski definition) is 5. The molecular weight excluding hydrogens is 384 g/mol. The van der Waals surface area contributed by atoms with E-state index in [1.165, 1.54) is 7.11 Å². The summed E-state index contributed by atoms with van der Waals surface area (Å²) in [5.74, 6) is 0.675. The third-order valence-electron chi connectivity index (χ3n) is 4.97. The molecule has 7 nitrogen and oxygen atoms in total. The number of hydrogen-bond donors (Lipinski definition) is 2. The van der Waals surface area contributed by atoms with E-state index >= 15 is 0 Å². The van der Waals surface area contributed by atoms with Gasteiger partial charge in [0.2, 0.25) is 5.91 Å². The van der Waals surface area contributed by atoms with E-state index in [1.54, 1.807) is 19.2 Å². The highest BCUT2D eigenvalue weighted by Crippen LogP contribution is 2.33. The Morgan fingerprint density at radius 3 is 2.27 bits per heavy atom. The summed E-state index contributed by atoms with van der Waals surface area (Å²) in [6, 6.07) is 12.1. The van der Waals surface area contributed by atoms with Crippen molar-refractivity contribution in [2.24, 2.45) is 5.92 Å². The Morgan fingerprint density at radius 1 is 1.03 bits per heavy atom. The average molecular weight is 415 g/mol. The Balaban J connectivity index is 2.09. The molecule has 2 aromatic rings. The molecule has 0 radical (unpaired) electrons. The lowest BCUT2D eigenvalue weighted by Gasteiger charge is -2.24. The van der Waals surface area contributed by atoms with Crippen LogP contribution in [0.2, 0.25) is 0 Å². The molecule has 162 valence electrons.